The van der Waals surface area contributed by atoms with E-state index in [4.69, 9.17) is 14.2 Å². The minimum absolute atomic E-state index is 0.0844. The highest BCUT2D eigenvalue weighted by Crippen LogP contribution is 2.31. The van der Waals surface area contributed by atoms with E-state index in [1.807, 2.05) is 45.0 Å². The van der Waals surface area contributed by atoms with E-state index in [-0.39, 0.29) is 18.6 Å². The third-order valence-corrected chi connectivity index (χ3v) is 3.34. The van der Waals surface area contributed by atoms with Crippen LogP contribution in [-0.4, -0.2) is 48.8 Å². The van der Waals surface area contributed by atoms with Crippen LogP contribution in [0.5, 0.6) is 11.5 Å². The zero-order valence-electron chi connectivity index (χ0n) is 14.5. The summed E-state index contributed by atoms with van der Waals surface area (Å²) < 4.78 is 17.1. The van der Waals surface area contributed by atoms with E-state index in [9.17, 15) is 4.79 Å². The van der Waals surface area contributed by atoms with Crippen LogP contribution in [-0.2, 0) is 9.53 Å². The molecule has 0 saturated heterocycles. The lowest BCUT2D eigenvalue weighted by Gasteiger charge is -2.31. The molecular formula is C18H27NO4. The van der Waals surface area contributed by atoms with E-state index in [0.29, 0.717) is 13.2 Å². The zero-order chi connectivity index (χ0) is 16.9. The Bertz CT molecular complexity index is 524. The van der Waals surface area contributed by atoms with Crippen molar-refractivity contribution in [3.8, 4) is 11.5 Å². The Kier molecular flexibility index (Phi) is 5.88. The second-order valence-corrected chi connectivity index (χ2v) is 6.82. The molecule has 0 bridgehead atoms. The van der Waals surface area contributed by atoms with Gasteiger partial charge in [0, 0.05) is 6.54 Å². The van der Waals surface area contributed by atoms with E-state index in [0.717, 1.165) is 24.5 Å². The molecule has 0 aliphatic carbocycles. The lowest BCUT2D eigenvalue weighted by Crippen LogP contribution is -2.44. The van der Waals surface area contributed by atoms with Crippen LogP contribution in [0.2, 0.25) is 0 Å². The zero-order valence-corrected chi connectivity index (χ0v) is 14.5. The molecule has 0 spiro atoms. The second-order valence-electron chi connectivity index (χ2n) is 6.82. The van der Waals surface area contributed by atoms with Crippen molar-refractivity contribution in [1.29, 1.82) is 0 Å². The molecule has 0 N–H and O–H groups in total. The molecule has 0 amide bonds. The van der Waals surface area contributed by atoms with Crippen molar-refractivity contribution in [2.45, 2.75) is 45.8 Å². The Morgan fingerprint density at radius 3 is 2.65 bits per heavy atom. The molecule has 0 fully saturated rings. The van der Waals surface area contributed by atoms with Crippen molar-refractivity contribution >= 4 is 5.97 Å². The van der Waals surface area contributed by atoms with E-state index >= 15 is 0 Å². The minimum Gasteiger partial charge on any atom is -0.486 e. The predicted molar refractivity (Wildman–Crippen MR) is 88.9 cm³/mol. The monoisotopic (exact) mass is 321 g/mol. The Hall–Kier alpha value is -1.75. The van der Waals surface area contributed by atoms with E-state index in [2.05, 4.69) is 11.8 Å². The maximum atomic E-state index is 12.0. The van der Waals surface area contributed by atoms with Gasteiger partial charge in [-0.2, -0.15) is 0 Å². The average molecular weight is 321 g/mol. The smallest absolute Gasteiger partial charge is 0.320 e. The van der Waals surface area contributed by atoms with Crippen molar-refractivity contribution in [3.63, 3.8) is 0 Å². The van der Waals surface area contributed by atoms with Crippen molar-refractivity contribution in [2.24, 2.45) is 0 Å². The predicted octanol–water partition coefficient (Wildman–Crippen LogP) is 2.88. The summed E-state index contributed by atoms with van der Waals surface area (Å²) in [5.41, 5.74) is -0.460. The van der Waals surface area contributed by atoms with E-state index in [1.165, 1.54) is 0 Å². The van der Waals surface area contributed by atoms with Crippen LogP contribution in [0.25, 0.3) is 0 Å². The highest BCUT2D eigenvalue weighted by atomic mass is 16.6. The summed E-state index contributed by atoms with van der Waals surface area (Å²) in [5.74, 6) is 1.33. The summed E-state index contributed by atoms with van der Waals surface area (Å²) in [6, 6.07) is 7.65. The standard InChI is InChI=1S/C18H27NO4/c1-5-10-19(12-17(20)23-18(2,3)4)11-14-13-21-15-8-6-7-9-16(15)22-14/h6-9,14H,5,10-13H2,1-4H3. The molecule has 5 heteroatoms. The summed E-state index contributed by atoms with van der Waals surface area (Å²) in [4.78, 5) is 14.1. The molecule has 0 aromatic heterocycles. The number of fused-ring (bicyclic) bond motifs is 1. The van der Waals surface area contributed by atoms with Crippen LogP contribution in [0.4, 0.5) is 0 Å². The van der Waals surface area contributed by atoms with Gasteiger partial charge in [0.1, 0.15) is 18.3 Å². The van der Waals surface area contributed by atoms with Crippen molar-refractivity contribution in [3.05, 3.63) is 24.3 Å². The topological polar surface area (TPSA) is 48.0 Å². The maximum Gasteiger partial charge on any atom is 0.320 e. The number of carbonyl (C=O) groups excluding carboxylic acids is 1. The fourth-order valence-electron chi connectivity index (χ4n) is 2.55. The third kappa shape index (κ3) is 5.75. The summed E-state index contributed by atoms with van der Waals surface area (Å²) in [7, 11) is 0. The first kappa shape index (κ1) is 17.6. The van der Waals surface area contributed by atoms with Gasteiger partial charge in [0.15, 0.2) is 11.5 Å². The number of ether oxygens (including phenoxy) is 3. The fourth-order valence-corrected chi connectivity index (χ4v) is 2.55. The van der Waals surface area contributed by atoms with Gasteiger partial charge in [-0.3, -0.25) is 9.69 Å². The Balaban J connectivity index is 1.91. The van der Waals surface area contributed by atoms with Crippen molar-refractivity contribution in [1.82, 2.24) is 4.90 Å². The van der Waals surface area contributed by atoms with Gasteiger partial charge in [0.25, 0.3) is 0 Å². The summed E-state index contributed by atoms with van der Waals surface area (Å²) in [5, 5.41) is 0. The second kappa shape index (κ2) is 7.68. The fraction of sp³-hybridized carbons (Fsp3) is 0.611. The molecule has 2 rings (SSSR count). The van der Waals surface area contributed by atoms with Gasteiger partial charge < -0.3 is 14.2 Å². The molecule has 128 valence electrons. The van der Waals surface area contributed by atoms with Gasteiger partial charge in [-0.1, -0.05) is 19.1 Å². The quantitative estimate of drug-likeness (QED) is 0.754. The highest BCUT2D eigenvalue weighted by molar-refractivity contribution is 5.72. The molecule has 1 aliphatic rings. The van der Waals surface area contributed by atoms with Gasteiger partial charge in [0.05, 0.1) is 6.54 Å². The molecule has 1 aliphatic heterocycles. The average Bonchev–Trinajstić information content (AvgIpc) is 2.45. The van der Waals surface area contributed by atoms with Gasteiger partial charge in [-0.05, 0) is 45.9 Å². The van der Waals surface area contributed by atoms with E-state index in [1.54, 1.807) is 0 Å². The highest BCUT2D eigenvalue weighted by Gasteiger charge is 2.25. The number of hydrogen-bond donors (Lipinski definition) is 0. The van der Waals surface area contributed by atoms with Gasteiger partial charge in [0.2, 0.25) is 0 Å². The van der Waals surface area contributed by atoms with Crippen LogP contribution in [0, 0.1) is 0 Å². The number of rotatable bonds is 6. The maximum absolute atomic E-state index is 12.0. The lowest BCUT2D eigenvalue weighted by molar-refractivity contribution is -0.156. The molecule has 1 unspecified atom stereocenters. The SMILES string of the molecule is CCCN(CC(=O)OC(C)(C)C)CC1COc2ccccc2O1. The first-order chi connectivity index (χ1) is 10.9. The van der Waals surface area contributed by atoms with Crippen LogP contribution in [0.15, 0.2) is 24.3 Å². The molecule has 1 heterocycles. The molecule has 0 saturated carbocycles. The number of carbonyl (C=O) groups is 1. The van der Waals surface area contributed by atoms with Crippen LogP contribution >= 0.6 is 0 Å². The number of esters is 1. The summed E-state index contributed by atoms with van der Waals surface area (Å²) in [6.07, 6.45) is 0.881. The molecule has 1 aromatic rings. The number of para-hydroxylation sites is 2. The normalized spacial score (nSPS) is 17.2. The largest absolute Gasteiger partial charge is 0.486 e. The third-order valence-electron chi connectivity index (χ3n) is 3.34. The summed E-state index contributed by atoms with van der Waals surface area (Å²) in [6.45, 7) is 9.95. The molecular weight excluding hydrogens is 294 g/mol. The van der Waals surface area contributed by atoms with Gasteiger partial charge in [-0.15, -0.1) is 0 Å². The van der Waals surface area contributed by atoms with Gasteiger partial charge >= 0.3 is 5.97 Å². The molecule has 23 heavy (non-hydrogen) atoms. The molecule has 0 radical (unpaired) electrons. The number of hydrogen-bond acceptors (Lipinski definition) is 5. The molecule has 1 aromatic carbocycles. The van der Waals surface area contributed by atoms with Crippen molar-refractivity contribution in [2.75, 3.05) is 26.2 Å². The van der Waals surface area contributed by atoms with E-state index < -0.39 is 5.60 Å². The Morgan fingerprint density at radius 1 is 1.30 bits per heavy atom. The van der Waals surface area contributed by atoms with Crippen LogP contribution in [0.1, 0.15) is 34.1 Å². The lowest BCUT2D eigenvalue weighted by atomic mass is 10.2. The molecule has 5 nitrogen and oxygen atoms in total. The number of benzene rings is 1. The molecule has 1 atom stereocenters. The van der Waals surface area contributed by atoms with Crippen LogP contribution < -0.4 is 9.47 Å². The van der Waals surface area contributed by atoms with Crippen LogP contribution in [0.3, 0.4) is 0 Å². The Labute approximate surface area is 138 Å². The Morgan fingerprint density at radius 2 is 2.00 bits per heavy atom. The van der Waals surface area contributed by atoms with Gasteiger partial charge in [-0.25, -0.2) is 0 Å². The minimum atomic E-state index is -0.460. The van der Waals surface area contributed by atoms with Crippen molar-refractivity contribution < 1.29 is 19.0 Å². The summed E-state index contributed by atoms with van der Waals surface area (Å²) >= 11 is 0. The first-order valence-corrected chi connectivity index (χ1v) is 8.20. The number of nitrogens with zero attached hydrogens (tertiary/aromatic N) is 1. The first-order valence-electron chi connectivity index (χ1n) is 8.20.